The summed E-state index contributed by atoms with van der Waals surface area (Å²) in [6.45, 7) is 7.24. The zero-order valence-electron chi connectivity index (χ0n) is 28.9. The minimum absolute atomic E-state index is 0.0207. The largest absolute Gasteiger partial charge is 0.458 e. The third kappa shape index (κ3) is 13.5. The van der Waals surface area contributed by atoms with Crippen LogP contribution in [0.25, 0.3) is 0 Å². The summed E-state index contributed by atoms with van der Waals surface area (Å²) in [4.78, 5) is 12.8. The van der Waals surface area contributed by atoms with Gasteiger partial charge in [-0.15, -0.1) is 0 Å². The lowest BCUT2D eigenvalue weighted by atomic mass is 9.86. The maximum Gasteiger partial charge on any atom is 0.334 e. The van der Waals surface area contributed by atoms with Gasteiger partial charge in [0.2, 0.25) is 0 Å². The van der Waals surface area contributed by atoms with E-state index in [1.165, 1.54) is 0 Å². The topological polar surface area (TPSA) is 166 Å². The molecule has 1 spiro atoms. The molecule has 0 amide bonds. The van der Waals surface area contributed by atoms with Gasteiger partial charge in [-0.2, -0.15) is 0 Å². The summed E-state index contributed by atoms with van der Waals surface area (Å²) in [6.07, 6.45) is 15.5. The third-order valence-electron chi connectivity index (χ3n) is 9.14. The van der Waals surface area contributed by atoms with Crippen LogP contribution in [0.1, 0.15) is 85.5 Å². The Morgan fingerprint density at radius 3 is 2.00 bits per heavy atom. The van der Waals surface area contributed by atoms with E-state index in [9.17, 15) is 35.4 Å². The standard InChI is InChI=1S/C38H58O10/c1-25(2)36-27(4)35(44)22-30(41)19-29(40)18-28(39)15-13-17-34-21-32(43)24-38(48-34)23-31(42)20-33(47-38)16-12-10-8-6-5-7-9-11-14-26(3)37(45)46-36/h5-14,17,25,27-36,39-44H,15-16,18-24H2,1-4H3/b7-5+,8-6+,11-9+,12-10-,17-13+,26-14+/t27-,28+,29+,30-,31-,32-,33+,34-,35-,36-,38?/m0/s1. The van der Waals surface area contributed by atoms with Crippen LogP contribution in [0.5, 0.6) is 0 Å². The van der Waals surface area contributed by atoms with E-state index in [1.54, 1.807) is 44.2 Å². The second-order valence-corrected chi connectivity index (χ2v) is 14.0. The minimum Gasteiger partial charge on any atom is -0.458 e. The molecule has 0 aliphatic carbocycles. The van der Waals surface area contributed by atoms with Crippen LogP contribution >= 0.6 is 0 Å². The summed E-state index contributed by atoms with van der Waals surface area (Å²) < 4.78 is 18.4. The summed E-state index contributed by atoms with van der Waals surface area (Å²) in [6, 6.07) is 0. The average Bonchev–Trinajstić information content (AvgIpc) is 2.98. The van der Waals surface area contributed by atoms with Crippen LogP contribution in [-0.2, 0) is 19.0 Å². The van der Waals surface area contributed by atoms with Crippen LogP contribution in [0.4, 0.5) is 0 Å². The number of aliphatic hydroxyl groups is 6. The first-order valence-electron chi connectivity index (χ1n) is 17.4. The van der Waals surface area contributed by atoms with Crippen molar-refractivity contribution < 1.29 is 49.6 Å². The molecule has 3 rings (SSSR count). The molecule has 3 heterocycles. The second-order valence-electron chi connectivity index (χ2n) is 14.0. The molecule has 10 heteroatoms. The Labute approximate surface area is 285 Å². The number of allylic oxidation sites excluding steroid dienone is 8. The van der Waals surface area contributed by atoms with Crippen molar-refractivity contribution in [3.63, 3.8) is 0 Å². The molecule has 3 aliphatic heterocycles. The van der Waals surface area contributed by atoms with Crippen molar-refractivity contribution in [2.75, 3.05) is 0 Å². The highest BCUT2D eigenvalue weighted by Gasteiger charge is 2.47. The minimum atomic E-state index is -1.11. The summed E-state index contributed by atoms with van der Waals surface area (Å²) in [5.74, 6) is -2.16. The molecule has 1 unspecified atom stereocenters. The molecule has 0 saturated carbocycles. The van der Waals surface area contributed by atoms with Crippen LogP contribution in [-0.4, -0.2) is 97.3 Å². The Bertz CT molecular complexity index is 1170. The van der Waals surface area contributed by atoms with Gasteiger partial charge in [-0.25, -0.2) is 4.79 Å². The average molecular weight is 675 g/mol. The fraction of sp³-hybridized carbons (Fsp3) is 0.658. The highest BCUT2D eigenvalue weighted by atomic mass is 16.7. The number of carbonyl (C=O) groups excluding carboxylic acids is 1. The lowest BCUT2D eigenvalue weighted by Crippen LogP contribution is -2.54. The van der Waals surface area contributed by atoms with Crippen molar-refractivity contribution in [2.24, 2.45) is 11.8 Å². The van der Waals surface area contributed by atoms with Gasteiger partial charge in [0.15, 0.2) is 5.79 Å². The van der Waals surface area contributed by atoms with Crippen LogP contribution in [0.3, 0.4) is 0 Å². The molecular formula is C38H58O10. The number of esters is 1. The maximum atomic E-state index is 12.8. The molecule has 270 valence electrons. The molecule has 0 aromatic carbocycles. The fourth-order valence-electron chi connectivity index (χ4n) is 6.68. The number of hydrogen-bond donors (Lipinski definition) is 6. The van der Waals surface area contributed by atoms with Gasteiger partial charge in [0, 0.05) is 37.2 Å². The lowest BCUT2D eigenvalue weighted by molar-refractivity contribution is -0.331. The number of aliphatic hydroxyl groups excluding tert-OH is 6. The molecule has 3 bridgehead atoms. The van der Waals surface area contributed by atoms with Gasteiger partial charge in [0.1, 0.15) is 6.10 Å². The fourth-order valence-corrected chi connectivity index (χ4v) is 6.68. The summed E-state index contributed by atoms with van der Waals surface area (Å²) >= 11 is 0. The monoisotopic (exact) mass is 674 g/mol. The summed E-state index contributed by atoms with van der Waals surface area (Å²) in [7, 11) is 0. The normalized spacial score (nSPS) is 43.1. The van der Waals surface area contributed by atoms with Crippen molar-refractivity contribution in [1.29, 1.82) is 0 Å². The zero-order chi connectivity index (χ0) is 35.3. The van der Waals surface area contributed by atoms with Gasteiger partial charge >= 0.3 is 5.97 Å². The molecule has 2 fully saturated rings. The van der Waals surface area contributed by atoms with Gasteiger partial charge in [0.05, 0.1) is 48.8 Å². The number of fused-ring (bicyclic) bond motifs is 2. The Morgan fingerprint density at radius 2 is 1.31 bits per heavy atom. The van der Waals surface area contributed by atoms with Crippen LogP contribution < -0.4 is 0 Å². The number of rotatable bonds is 1. The highest BCUT2D eigenvalue weighted by molar-refractivity contribution is 5.88. The van der Waals surface area contributed by atoms with Gasteiger partial charge in [0.25, 0.3) is 0 Å². The van der Waals surface area contributed by atoms with E-state index >= 15 is 0 Å². The Kier molecular flexibility index (Phi) is 16.4. The van der Waals surface area contributed by atoms with Crippen molar-refractivity contribution in [3.8, 4) is 0 Å². The number of ether oxygens (including phenoxy) is 3. The molecule has 10 nitrogen and oxygen atoms in total. The molecule has 6 N–H and O–H groups in total. The SMILES string of the molecule is C\C1=C/C=C/C=C/C=C/C=C\C[C@@H]2C[C@H](O)CC3(C[C@@H](O)C[C@H](/C=C/C[C@@H](O)C[C@@H](O)C[C@H](O)C[C@H](O)[C@H](C)[C@H](C(C)C)OC1=O)O3)O2. The van der Waals surface area contributed by atoms with Gasteiger partial charge in [-0.3, -0.25) is 0 Å². The van der Waals surface area contributed by atoms with Gasteiger partial charge in [-0.1, -0.05) is 87.6 Å². The second kappa shape index (κ2) is 19.7. The quantitative estimate of drug-likeness (QED) is 0.176. The van der Waals surface area contributed by atoms with Gasteiger partial charge < -0.3 is 44.8 Å². The van der Waals surface area contributed by atoms with E-state index in [4.69, 9.17) is 14.2 Å². The molecule has 3 aliphatic rings. The molecular weight excluding hydrogens is 616 g/mol. The van der Waals surface area contributed by atoms with Crippen LogP contribution in [0, 0.1) is 11.8 Å². The number of hydrogen-bond acceptors (Lipinski definition) is 10. The van der Waals surface area contributed by atoms with Crippen LogP contribution in [0.15, 0.2) is 72.4 Å². The predicted molar refractivity (Wildman–Crippen MR) is 183 cm³/mol. The van der Waals surface area contributed by atoms with Gasteiger partial charge in [-0.05, 0) is 44.9 Å². The Balaban J connectivity index is 1.75. The van der Waals surface area contributed by atoms with E-state index < -0.39 is 66.5 Å². The molecule has 11 atom stereocenters. The van der Waals surface area contributed by atoms with Crippen molar-refractivity contribution in [3.05, 3.63) is 72.4 Å². The number of carbonyl (C=O) groups is 1. The van der Waals surface area contributed by atoms with Crippen LogP contribution in [0.2, 0.25) is 0 Å². The smallest absolute Gasteiger partial charge is 0.334 e. The summed E-state index contributed by atoms with van der Waals surface area (Å²) in [5.41, 5.74) is 0.405. The maximum absolute atomic E-state index is 12.8. The van der Waals surface area contributed by atoms with Crippen molar-refractivity contribution >= 4 is 5.97 Å². The Morgan fingerprint density at radius 1 is 0.708 bits per heavy atom. The van der Waals surface area contributed by atoms with E-state index in [2.05, 4.69) is 0 Å². The lowest BCUT2D eigenvalue weighted by Gasteiger charge is -2.48. The number of cyclic esters (lactones) is 1. The molecule has 48 heavy (non-hydrogen) atoms. The first-order valence-corrected chi connectivity index (χ1v) is 17.4. The molecule has 0 aromatic rings. The van der Waals surface area contributed by atoms with E-state index in [-0.39, 0.29) is 50.5 Å². The third-order valence-corrected chi connectivity index (χ3v) is 9.14. The predicted octanol–water partition coefficient (Wildman–Crippen LogP) is 4.10. The first-order chi connectivity index (χ1) is 22.8. The molecule has 2 saturated heterocycles. The molecule has 0 aromatic heterocycles. The van der Waals surface area contributed by atoms with E-state index in [0.717, 1.165) is 0 Å². The van der Waals surface area contributed by atoms with Crippen molar-refractivity contribution in [2.45, 2.75) is 146 Å². The molecule has 0 radical (unpaired) electrons. The van der Waals surface area contributed by atoms with Crippen molar-refractivity contribution in [1.82, 2.24) is 0 Å². The van der Waals surface area contributed by atoms with E-state index in [1.807, 2.05) is 50.3 Å². The summed E-state index contributed by atoms with van der Waals surface area (Å²) in [5, 5.41) is 64.0. The zero-order valence-corrected chi connectivity index (χ0v) is 28.9. The first kappa shape index (κ1) is 40.0. The Hall–Kier alpha value is -2.41. The van der Waals surface area contributed by atoms with E-state index in [0.29, 0.717) is 24.8 Å². The highest BCUT2D eigenvalue weighted by Crippen LogP contribution is 2.40.